The molecule has 4 heteroatoms. The normalized spacial score (nSPS) is 38.2. The number of aliphatic hydroxyl groups is 4. The van der Waals surface area contributed by atoms with Gasteiger partial charge in [-0.2, -0.15) is 0 Å². The largest absolute Gasteiger partial charge is 0.393 e. The molecule has 0 aromatic carbocycles. The summed E-state index contributed by atoms with van der Waals surface area (Å²) in [6.45, 7) is 10.1. The van der Waals surface area contributed by atoms with Gasteiger partial charge in [0.25, 0.3) is 0 Å². The smallest absolute Gasteiger partial charge is 0.111 e. The third-order valence-electron chi connectivity index (χ3n) is 8.85. The fraction of sp³-hybridized carbons (Fsp3) is 0.778. The van der Waals surface area contributed by atoms with E-state index in [2.05, 4.69) is 32.6 Å². The van der Waals surface area contributed by atoms with Crippen LogP contribution in [-0.2, 0) is 0 Å². The molecule has 0 saturated heterocycles. The topological polar surface area (TPSA) is 80.9 Å². The molecule has 3 aliphatic rings. The monoisotopic (exact) mass is 432 g/mol. The van der Waals surface area contributed by atoms with Crippen molar-refractivity contribution in [2.75, 3.05) is 6.61 Å². The van der Waals surface area contributed by atoms with Crippen molar-refractivity contribution in [3.05, 3.63) is 35.5 Å². The van der Waals surface area contributed by atoms with Crippen LogP contribution in [-0.4, -0.2) is 44.8 Å². The second-order valence-electron chi connectivity index (χ2n) is 11.1. The molecule has 176 valence electrons. The molecule has 0 heterocycles. The van der Waals surface area contributed by atoms with Crippen molar-refractivity contribution >= 4 is 0 Å². The van der Waals surface area contributed by atoms with Gasteiger partial charge < -0.3 is 20.4 Å². The zero-order valence-corrected chi connectivity index (χ0v) is 19.8. The number of rotatable bonds is 7. The highest BCUT2D eigenvalue weighted by Crippen LogP contribution is 2.60. The molecule has 0 aliphatic heterocycles. The Hall–Kier alpha value is -0.940. The Morgan fingerprint density at radius 3 is 2.65 bits per heavy atom. The highest BCUT2D eigenvalue weighted by atomic mass is 16.4. The van der Waals surface area contributed by atoms with Crippen LogP contribution in [0.15, 0.2) is 35.5 Å². The third-order valence-corrected chi connectivity index (χ3v) is 8.85. The molecule has 31 heavy (non-hydrogen) atoms. The molecule has 0 amide bonds. The minimum Gasteiger partial charge on any atom is -0.393 e. The van der Waals surface area contributed by atoms with Gasteiger partial charge in [-0.15, -0.1) is 0 Å². The first-order chi connectivity index (χ1) is 14.6. The Kier molecular flexibility index (Phi) is 7.89. The van der Waals surface area contributed by atoms with Crippen LogP contribution in [0.4, 0.5) is 0 Å². The summed E-state index contributed by atoms with van der Waals surface area (Å²) >= 11 is 0. The van der Waals surface area contributed by atoms with Gasteiger partial charge >= 0.3 is 0 Å². The highest BCUT2D eigenvalue weighted by Gasteiger charge is 2.50. The molecular formula is C27H44O4. The van der Waals surface area contributed by atoms with Crippen LogP contribution in [0.1, 0.15) is 85.0 Å². The van der Waals surface area contributed by atoms with E-state index in [9.17, 15) is 20.4 Å². The maximum absolute atomic E-state index is 10.3. The lowest BCUT2D eigenvalue weighted by atomic mass is 9.60. The van der Waals surface area contributed by atoms with Crippen LogP contribution in [0.5, 0.6) is 0 Å². The Labute approximate surface area is 188 Å². The fourth-order valence-electron chi connectivity index (χ4n) is 6.65. The van der Waals surface area contributed by atoms with Gasteiger partial charge in [0, 0.05) is 0 Å². The first kappa shape index (κ1) is 24.7. The Morgan fingerprint density at radius 1 is 1.19 bits per heavy atom. The first-order valence-electron chi connectivity index (χ1n) is 12.4. The van der Waals surface area contributed by atoms with Gasteiger partial charge in [-0.05, 0) is 99.9 Å². The van der Waals surface area contributed by atoms with E-state index >= 15 is 0 Å². The molecule has 3 aliphatic carbocycles. The van der Waals surface area contributed by atoms with Gasteiger partial charge in [-0.1, -0.05) is 43.7 Å². The van der Waals surface area contributed by atoms with Gasteiger partial charge in [0.1, 0.15) is 5.60 Å². The molecular weight excluding hydrogens is 388 g/mol. The quantitative estimate of drug-likeness (QED) is 0.471. The number of allylic oxidation sites excluding steroid dienone is 4. The molecule has 0 bridgehead atoms. The van der Waals surface area contributed by atoms with E-state index in [0.717, 1.165) is 32.1 Å². The van der Waals surface area contributed by atoms with Crippen molar-refractivity contribution in [1.82, 2.24) is 0 Å². The van der Waals surface area contributed by atoms with Crippen LogP contribution in [0.3, 0.4) is 0 Å². The van der Waals surface area contributed by atoms with E-state index in [1.54, 1.807) is 5.57 Å². The third kappa shape index (κ3) is 5.35. The fourth-order valence-corrected chi connectivity index (χ4v) is 6.65. The van der Waals surface area contributed by atoms with Crippen LogP contribution in [0.2, 0.25) is 0 Å². The van der Waals surface area contributed by atoms with E-state index in [1.165, 1.54) is 43.8 Å². The average molecular weight is 433 g/mol. The zero-order valence-electron chi connectivity index (χ0n) is 19.8. The second-order valence-corrected chi connectivity index (χ2v) is 11.1. The molecule has 4 N–H and O–H groups in total. The standard InChI is InChI=1S/C27H44O4/c1-18-7-11-22(29)16-21(18)10-9-20-6-5-15-26(3)23(12-13-24(20)26)19(2)8-14-25(30)27(4,31)17-28/h9-10,19,22-25,28-31H,1,5-8,11-17H2,2-4H3/b20-9+,21-10?/t19-,22+,23-,24+,25+,26-,27+/m1/s1. The molecule has 4 nitrogen and oxygen atoms in total. The number of hydrogen-bond acceptors (Lipinski definition) is 4. The predicted octanol–water partition coefficient (Wildman–Crippen LogP) is 4.68. The lowest BCUT2D eigenvalue weighted by Gasteiger charge is -2.44. The summed E-state index contributed by atoms with van der Waals surface area (Å²) in [6, 6.07) is 0. The van der Waals surface area contributed by atoms with Crippen molar-refractivity contribution in [2.45, 2.75) is 103 Å². The van der Waals surface area contributed by atoms with Crippen molar-refractivity contribution < 1.29 is 20.4 Å². The number of hydrogen-bond donors (Lipinski definition) is 4. The highest BCUT2D eigenvalue weighted by molar-refractivity contribution is 5.36. The second kappa shape index (κ2) is 9.91. The Bertz CT molecular complexity index is 706. The van der Waals surface area contributed by atoms with Crippen molar-refractivity contribution in [3.63, 3.8) is 0 Å². The summed E-state index contributed by atoms with van der Waals surface area (Å²) < 4.78 is 0. The van der Waals surface area contributed by atoms with Crippen molar-refractivity contribution in [3.8, 4) is 0 Å². The molecule has 0 unspecified atom stereocenters. The summed E-state index contributed by atoms with van der Waals surface area (Å²) in [5.41, 5.74) is 2.82. The summed E-state index contributed by atoms with van der Waals surface area (Å²) in [7, 11) is 0. The zero-order chi connectivity index (χ0) is 22.8. The lowest BCUT2D eigenvalue weighted by molar-refractivity contribution is -0.0971. The average Bonchev–Trinajstić information content (AvgIpc) is 3.09. The summed E-state index contributed by atoms with van der Waals surface area (Å²) in [5.74, 6) is 1.70. The molecule has 0 aromatic rings. The van der Waals surface area contributed by atoms with E-state index in [4.69, 9.17) is 0 Å². The minimum atomic E-state index is -1.42. The maximum Gasteiger partial charge on any atom is 0.111 e. The first-order valence-corrected chi connectivity index (χ1v) is 12.4. The molecule has 3 rings (SSSR count). The van der Waals surface area contributed by atoms with Gasteiger partial charge in [-0.25, -0.2) is 0 Å². The SMILES string of the molecule is C=C1CC[C@H](O)CC1=C/C=C1\CCC[C@]2(C)[C@@H]([C@H](C)CC[C@H](O)[C@@](C)(O)CO)CC[C@@H]12. The summed E-state index contributed by atoms with van der Waals surface area (Å²) in [4.78, 5) is 0. The van der Waals surface area contributed by atoms with Crippen LogP contribution < -0.4 is 0 Å². The number of aliphatic hydroxyl groups excluding tert-OH is 3. The molecule has 0 aromatic heterocycles. The molecule has 0 spiro atoms. The molecule has 3 fully saturated rings. The van der Waals surface area contributed by atoms with E-state index in [0.29, 0.717) is 24.2 Å². The van der Waals surface area contributed by atoms with Gasteiger partial charge in [0.05, 0.1) is 18.8 Å². The predicted molar refractivity (Wildman–Crippen MR) is 125 cm³/mol. The summed E-state index contributed by atoms with van der Waals surface area (Å²) in [6.07, 6.45) is 13.4. The van der Waals surface area contributed by atoms with Gasteiger partial charge in [-0.3, -0.25) is 0 Å². The molecule has 3 saturated carbocycles. The van der Waals surface area contributed by atoms with Crippen LogP contribution in [0.25, 0.3) is 0 Å². The Balaban J connectivity index is 1.68. The van der Waals surface area contributed by atoms with E-state index in [-0.39, 0.29) is 11.5 Å². The lowest BCUT2D eigenvalue weighted by Crippen LogP contribution is -2.43. The molecule has 7 atom stereocenters. The summed E-state index contributed by atoms with van der Waals surface area (Å²) in [5, 5.41) is 39.7. The molecule has 0 radical (unpaired) electrons. The van der Waals surface area contributed by atoms with Gasteiger partial charge in [0.15, 0.2) is 0 Å². The van der Waals surface area contributed by atoms with Crippen LogP contribution in [0, 0.1) is 23.2 Å². The Morgan fingerprint density at radius 2 is 1.94 bits per heavy atom. The van der Waals surface area contributed by atoms with Gasteiger partial charge in [0.2, 0.25) is 0 Å². The van der Waals surface area contributed by atoms with E-state index in [1.807, 2.05) is 0 Å². The van der Waals surface area contributed by atoms with E-state index < -0.39 is 18.3 Å². The van der Waals surface area contributed by atoms with Crippen LogP contribution >= 0.6 is 0 Å². The minimum absolute atomic E-state index is 0.231. The maximum atomic E-state index is 10.3. The number of fused-ring (bicyclic) bond motifs is 1. The van der Waals surface area contributed by atoms with Crippen molar-refractivity contribution in [2.24, 2.45) is 23.2 Å². The van der Waals surface area contributed by atoms with Crippen molar-refractivity contribution in [1.29, 1.82) is 0 Å².